The average molecular weight is 325 g/mol. The van der Waals surface area contributed by atoms with Gasteiger partial charge in [0.2, 0.25) is 0 Å². The molecule has 4 N–H and O–H groups in total. The largest absolute Gasteiger partial charge is 0.351 e. The van der Waals surface area contributed by atoms with Crippen molar-refractivity contribution in [3.63, 3.8) is 0 Å². The first kappa shape index (κ1) is 15.3. The van der Waals surface area contributed by atoms with Crippen LogP contribution in [0.15, 0.2) is 40.6 Å². The number of nitrogens with two attached hydrogens (primary N) is 1. The summed E-state index contributed by atoms with van der Waals surface area (Å²) in [6.07, 6.45) is 0.790. The lowest BCUT2D eigenvalue weighted by Gasteiger charge is -2.08. The van der Waals surface area contributed by atoms with Crippen molar-refractivity contribution < 1.29 is 13.2 Å². The molecule has 2 aromatic rings. The van der Waals surface area contributed by atoms with E-state index in [1.165, 1.54) is 17.4 Å². The van der Waals surface area contributed by atoms with Crippen LogP contribution in [0.2, 0.25) is 0 Å². The average Bonchev–Trinajstić information content (AvgIpc) is 2.87. The van der Waals surface area contributed by atoms with Gasteiger partial charge in [0.05, 0.1) is 5.69 Å². The number of benzene rings is 1. The van der Waals surface area contributed by atoms with Gasteiger partial charge >= 0.3 is 6.03 Å². The van der Waals surface area contributed by atoms with E-state index in [2.05, 4.69) is 10.0 Å². The van der Waals surface area contributed by atoms with Gasteiger partial charge in [0.25, 0.3) is 10.0 Å². The summed E-state index contributed by atoms with van der Waals surface area (Å²) in [5.41, 5.74) is 5.80. The lowest BCUT2D eigenvalue weighted by Crippen LogP contribution is -2.19. The van der Waals surface area contributed by atoms with Crippen molar-refractivity contribution in [1.82, 2.24) is 0 Å². The monoisotopic (exact) mass is 325 g/mol. The van der Waals surface area contributed by atoms with Crippen LogP contribution in [0.4, 0.5) is 16.2 Å². The summed E-state index contributed by atoms with van der Waals surface area (Å²) in [7, 11) is -3.62. The molecule has 0 aliphatic heterocycles. The lowest BCUT2D eigenvalue weighted by atomic mass is 10.3. The second-order valence-corrected chi connectivity index (χ2v) is 7.33. The Balaban J connectivity index is 2.22. The van der Waals surface area contributed by atoms with Crippen molar-refractivity contribution in [3.05, 3.63) is 41.3 Å². The summed E-state index contributed by atoms with van der Waals surface area (Å²) in [5.74, 6) is 0. The van der Waals surface area contributed by atoms with Crippen molar-refractivity contribution in [2.45, 2.75) is 17.6 Å². The highest BCUT2D eigenvalue weighted by Gasteiger charge is 2.16. The number of hydrogen-bond acceptors (Lipinski definition) is 4. The summed E-state index contributed by atoms with van der Waals surface area (Å²) in [6, 6.07) is 9.00. The van der Waals surface area contributed by atoms with Crippen LogP contribution in [-0.4, -0.2) is 14.4 Å². The van der Waals surface area contributed by atoms with Gasteiger partial charge in [0.1, 0.15) is 4.21 Å². The summed E-state index contributed by atoms with van der Waals surface area (Å²) in [4.78, 5) is 11.8. The van der Waals surface area contributed by atoms with E-state index < -0.39 is 16.1 Å². The molecule has 0 aliphatic rings. The van der Waals surface area contributed by atoms with Gasteiger partial charge < -0.3 is 11.1 Å². The van der Waals surface area contributed by atoms with Gasteiger partial charge in [0.15, 0.2) is 0 Å². The molecule has 8 heteroatoms. The van der Waals surface area contributed by atoms with Gasteiger partial charge in [-0.3, -0.25) is 4.72 Å². The van der Waals surface area contributed by atoms with Crippen LogP contribution in [0, 0.1) is 0 Å². The quantitative estimate of drug-likeness (QED) is 0.787. The Morgan fingerprint density at radius 1 is 1.24 bits per heavy atom. The van der Waals surface area contributed by atoms with Crippen LogP contribution < -0.4 is 15.8 Å². The zero-order valence-corrected chi connectivity index (χ0v) is 12.9. The van der Waals surface area contributed by atoms with Crippen LogP contribution in [-0.2, 0) is 16.4 Å². The third-order valence-corrected chi connectivity index (χ3v) is 5.74. The number of primary amides is 1. The normalized spacial score (nSPS) is 11.1. The van der Waals surface area contributed by atoms with Gasteiger partial charge in [-0.05, 0) is 36.8 Å². The minimum atomic E-state index is -3.62. The van der Waals surface area contributed by atoms with Gasteiger partial charge in [-0.1, -0.05) is 13.0 Å². The SMILES string of the molecule is CCc1ccc(S(=O)(=O)Nc2cccc(NC(N)=O)c2)s1. The summed E-state index contributed by atoms with van der Waals surface area (Å²) >= 11 is 1.23. The molecule has 1 aromatic heterocycles. The number of anilines is 2. The predicted molar refractivity (Wildman–Crippen MR) is 84.2 cm³/mol. The number of nitrogens with one attached hydrogen (secondary N) is 2. The molecule has 1 aromatic carbocycles. The lowest BCUT2D eigenvalue weighted by molar-refractivity contribution is 0.259. The maximum Gasteiger partial charge on any atom is 0.316 e. The molecule has 0 aliphatic carbocycles. The Hall–Kier alpha value is -2.06. The Morgan fingerprint density at radius 2 is 1.95 bits per heavy atom. The number of carbonyl (C=O) groups is 1. The molecule has 0 saturated carbocycles. The second kappa shape index (κ2) is 6.15. The molecule has 0 saturated heterocycles. The number of aryl methyl sites for hydroxylation is 1. The van der Waals surface area contributed by atoms with Gasteiger partial charge in [0, 0.05) is 10.6 Å². The minimum Gasteiger partial charge on any atom is -0.351 e. The summed E-state index contributed by atoms with van der Waals surface area (Å²) in [6.45, 7) is 1.97. The van der Waals surface area contributed by atoms with Crippen molar-refractivity contribution in [2.24, 2.45) is 5.73 Å². The van der Waals surface area contributed by atoms with Gasteiger partial charge in [-0.2, -0.15) is 0 Å². The Kier molecular flexibility index (Phi) is 4.49. The number of thiophene rings is 1. The van der Waals surface area contributed by atoms with Crippen LogP contribution in [0.25, 0.3) is 0 Å². The maximum absolute atomic E-state index is 12.3. The molecule has 0 atom stereocenters. The maximum atomic E-state index is 12.3. The van der Waals surface area contributed by atoms with Gasteiger partial charge in [-0.25, -0.2) is 13.2 Å². The minimum absolute atomic E-state index is 0.257. The van der Waals surface area contributed by atoms with Crippen molar-refractivity contribution in [2.75, 3.05) is 10.0 Å². The highest BCUT2D eigenvalue weighted by molar-refractivity contribution is 7.94. The van der Waals surface area contributed by atoms with Crippen LogP contribution >= 0.6 is 11.3 Å². The topological polar surface area (TPSA) is 101 Å². The zero-order chi connectivity index (χ0) is 15.5. The van der Waals surface area contributed by atoms with Crippen LogP contribution in [0.5, 0.6) is 0 Å². The molecular formula is C13H15N3O3S2. The first-order valence-electron chi connectivity index (χ1n) is 6.19. The van der Waals surface area contributed by atoms with Crippen LogP contribution in [0.1, 0.15) is 11.8 Å². The van der Waals surface area contributed by atoms with E-state index >= 15 is 0 Å². The van der Waals surface area contributed by atoms with Crippen molar-refractivity contribution in [1.29, 1.82) is 0 Å². The van der Waals surface area contributed by atoms with E-state index in [0.29, 0.717) is 11.4 Å². The molecular weight excluding hydrogens is 310 g/mol. The first-order chi connectivity index (χ1) is 9.90. The molecule has 2 rings (SSSR count). The highest BCUT2D eigenvalue weighted by Crippen LogP contribution is 2.25. The van der Waals surface area contributed by atoms with Crippen molar-refractivity contribution in [3.8, 4) is 0 Å². The third kappa shape index (κ3) is 3.96. The van der Waals surface area contributed by atoms with E-state index in [1.54, 1.807) is 30.3 Å². The van der Waals surface area contributed by atoms with Crippen LogP contribution in [0.3, 0.4) is 0 Å². The van der Waals surface area contributed by atoms with E-state index in [1.807, 2.05) is 6.92 Å². The van der Waals surface area contributed by atoms with E-state index in [9.17, 15) is 13.2 Å². The summed E-state index contributed by atoms with van der Waals surface area (Å²) in [5, 5.41) is 2.39. The standard InChI is InChI=1S/C13H15N3O3S2/c1-2-11-6-7-12(20-11)21(18,19)16-10-5-3-4-9(8-10)15-13(14)17/h3-8,16H,2H2,1H3,(H3,14,15,17). The number of carbonyl (C=O) groups excluding carboxylic acids is 1. The summed E-state index contributed by atoms with van der Waals surface area (Å²) < 4.78 is 27.2. The number of amides is 2. The number of sulfonamides is 1. The number of hydrogen-bond donors (Lipinski definition) is 3. The number of urea groups is 1. The molecule has 0 bridgehead atoms. The molecule has 0 unspecified atom stereocenters. The Morgan fingerprint density at radius 3 is 2.57 bits per heavy atom. The third-order valence-electron chi connectivity index (χ3n) is 2.63. The molecule has 21 heavy (non-hydrogen) atoms. The molecule has 0 spiro atoms. The fraction of sp³-hybridized carbons (Fsp3) is 0.154. The molecule has 0 radical (unpaired) electrons. The number of rotatable bonds is 5. The first-order valence-corrected chi connectivity index (χ1v) is 8.49. The smallest absolute Gasteiger partial charge is 0.316 e. The van der Waals surface area contributed by atoms with Gasteiger partial charge in [-0.15, -0.1) is 11.3 Å². The fourth-order valence-corrected chi connectivity index (χ4v) is 4.05. The molecule has 6 nitrogen and oxygen atoms in total. The fourth-order valence-electron chi connectivity index (χ4n) is 1.70. The Bertz CT molecular complexity index is 754. The molecule has 112 valence electrons. The van der Waals surface area contributed by atoms with E-state index in [0.717, 1.165) is 11.3 Å². The van der Waals surface area contributed by atoms with E-state index in [4.69, 9.17) is 5.73 Å². The highest BCUT2D eigenvalue weighted by atomic mass is 32.2. The van der Waals surface area contributed by atoms with Crippen molar-refractivity contribution >= 4 is 38.8 Å². The zero-order valence-electron chi connectivity index (χ0n) is 11.3. The van der Waals surface area contributed by atoms with E-state index in [-0.39, 0.29) is 4.21 Å². The Labute approximate surface area is 127 Å². The predicted octanol–water partition coefficient (Wildman–Crippen LogP) is 2.60. The molecule has 1 heterocycles. The second-order valence-electron chi connectivity index (χ2n) is 4.25. The molecule has 0 fully saturated rings. The molecule has 2 amide bonds.